The molecule has 7 nitrogen and oxygen atoms in total. The maximum absolute atomic E-state index is 14.1. The lowest BCUT2D eigenvalue weighted by atomic mass is 10.0. The summed E-state index contributed by atoms with van der Waals surface area (Å²) in [7, 11) is 0. The number of fused-ring (bicyclic) bond motifs is 1. The lowest BCUT2D eigenvalue weighted by Gasteiger charge is -2.32. The Balaban J connectivity index is 1.19. The van der Waals surface area contributed by atoms with Gasteiger partial charge in [0.25, 0.3) is 0 Å². The van der Waals surface area contributed by atoms with E-state index in [0.717, 1.165) is 43.2 Å². The first-order valence-electron chi connectivity index (χ1n) is 21.5. The third kappa shape index (κ3) is 15.2. The standard InChI is InChI=1S/C46H70N2O5/c1-3-4-5-6-7-8-9-10-11-12-13-14-15-16-17-24-34-52-45(50)41(33-32-38-26-20-18-21-27-38)47-37(2)44(49)48-42-31-25-30-40(42)35-43(48)46(51)53-36-39-28-22-19-23-29-39/h18-23,26-29,37,40-43,47H,3-17,24-25,30-36H2,1-2H3/t37?,40-,41?,42-,43-/m0/s1. The van der Waals surface area contributed by atoms with E-state index in [1.165, 1.54) is 89.9 Å². The Morgan fingerprint density at radius 2 is 1.26 bits per heavy atom. The Kier molecular flexibility index (Phi) is 20.1. The Labute approximate surface area is 321 Å². The van der Waals surface area contributed by atoms with Gasteiger partial charge in [-0.3, -0.25) is 14.9 Å². The fourth-order valence-electron chi connectivity index (χ4n) is 8.39. The van der Waals surface area contributed by atoms with Crippen LogP contribution in [0.5, 0.6) is 0 Å². The first-order chi connectivity index (χ1) is 26.0. The number of nitrogens with zero attached hydrogens (tertiary/aromatic N) is 1. The molecule has 4 rings (SSSR count). The smallest absolute Gasteiger partial charge is 0.329 e. The second kappa shape index (κ2) is 25.0. The van der Waals surface area contributed by atoms with Crippen LogP contribution in [0.4, 0.5) is 0 Å². The van der Waals surface area contributed by atoms with Crippen LogP contribution in [0.15, 0.2) is 60.7 Å². The topological polar surface area (TPSA) is 84.9 Å². The molecule has 1 saturated heterocycles. The van der Waals surface area contributed by atoms with E-state index >= 15 is 0 Å². The summed E-state index contributed by atoms with van der Waals surface area (Å²) in [5, 5.41) is 3.35. The summed E-state index contributed by atoms with van der Waals surface area (Å²) in [6, 6.07) is 17.9. The summed E-state index contributed by atoms with van der Waals surface area (Å²) in [5.74, 6) is -0.487. The molecule has 1 N–H and O–H groups in total. The van der Waals surface area contributed by atoms with Gasteiger partial charge in [-0.2, -0.15) is 0 Å². The van der Waals surface area contributed by atoms with E-state index in [4.69, 9.17) is 9.47 Å². The monoisotopic (exact) mass is 731 g/mol. The Morgan fingerprint density at radius 3 is 1.85 bits per heavy atom. The number of esters is 2. The third-order valence-corrected chi connectivity index (χ3v) is 11.5. The highest BCUT2D eigenvalue weighted by Gasteiger charge is 2.50. The number of benzene rings is 2. The van der Waals surface area contributed by atoms with Gasteiger partial charge in [0.05, 0.1) is 12.6 Å². The molecule has 1 aliphatic carbocycles. The van der Waals surface area contributed by atoms with Gasteiger partial charge in [-0.1, -0.05) is 170 Å². The van der Waals surface area contributed by atoms with Crippen LogP contribution in [-0.2, 0) is 36.9 Å². The molecule has 1 amide bonds. The van der Waals surface area contributed by atoms with E-state index in [9.17, 15) is 14.4 Å². The summed E-state index contributed by atoms with van der Waals surface area (Å²) in [6.07, 6.45) is 25.6. The summed E-state index contributed by atoms with van der Waals surface area (Å²) < 4.78 is 11.6. The highest BCUT2D eigenvalue weighted by molar-refractivity contribution is 5.89. The van der Waals surface area contributed by atoms with Gasteiger partial charge < -0.3 is 14.4 Å². The molecule has 2 aliphatic rings. The number of rotatable bonds is 27. The zero-order valence-corrected chi connectivity index (χ0v) is 33.1. The van der Waals surface area contributed by atoms with E-state index < -0.39 is 18.1 Å². The van der Waals surface area contributed by atoms with E-state index in [2.05, 4.69) is 24.4 Å². The predicted molar refractivity (Wildman–Crippen MR) is 214 cm³/mol. The van der Waals surface area contributed by atoms with E-state index in [-0.39, 0.29) is 30.5 Å². The van der Waals surface area contributed by atoms with Crippen molar-refractivity contribution in [2.24, 2.45) is 5.92 Å². The number of ether oxygens (including phenoxy) is 2. The molecule has 0 radical (unpaired) electrons. The lowest BCUT2D eigenvalue weighted by molar-refractivity contribution is -0.156. The van der Waals surface area contributed by atoms with Gasteiger partial charge in [0.2, 0.25) is 5.91 Å². The Bertz CT molecular complexity index is 1300. The first-order valence-corrected chi connectivity index (χ1v) is 21.5. The van der Waals surface area contributed by atoms with E-state index in [1.807, 2.05) is 55.5 Å². The molecule has 2 fully saturated rings. The van der Waals surface area contributed by atoms with Gasteiger partial charge in [-0.25, -0.2) is 4.79 Å². The molecule has 2 aromatic carbocycles. The minimum Gasteiger partial charge on any atom is -0.465 e. The molecule has 294 valence electrons. The van der Waals surface area contributed by atoms with Crippen molar-refractivity contribution < 1.29 is 23.9 Å². The second-order valence-corrected chi connectivity index (χ2v) is 15.8. The molecule has 1 heterocycles. The van der Waals surface area contributed by atoms with E-state index in [0.29, 0.717) is 31.8 Å². The average molecular weight is 731 g/mol. The van der Waals surface area contributed by atoms with Crippen LogP contribution in [0.3, 0.4) is 0 Å². The number of likely N-dealkylation sites (tertiary alicyclic amines) is 1. The maximum Gasteiger partial charge on any atom is 0.329 e. The van der Waals surface area contributed by atoms with Gasteiger partial charge >= 0.3 is 11.9 Å². The van der Waals surface area contributed by atoms with Crippen LogP contribution in [0.2, 0.25) is 0 Å². The van der Waals surface area contributed by atoms with Crippen LogP contribution < -0.4 is 5.32 Å². The molecule has 1 saturated carbocycles. The zero-order chi connectivity index (χ0) is 37.5. The van der Waals surface area contributed by atoms with Crippen molar-refractivity contribution in [3.63, 3.8) is 0 Å². The van der Waals surface area contributed by atoms with Crippen molar-refractivity contribution in [1.82, 2.24) is 10.2 Å². The second-order valence-electron chi connectivity index (χ2n) is 15.8. The van der Waals surface area contributed by atoms with Crippen LogP contribution in [-0.4, -0.2) is 53.5 Å². The van der Waals surface area contributed by atoms with Crippen LogP contribution >= 0.6 is 0 Å². The van der Waals surface area contributed by atoms with Crippen LogP contribution in [0, 0.1) is 5.92 Å². The number of aryl methyl sites for hydroxylation is 1. The normalized spacial score (nSPS) is 19.1. The fraction of sp³-hybridized carbons (Fsp3) is 0.674. The van der Waals surface area contributed by atoms with Crippen molar-refractivity contribution in [1.29, 1.82) is 0 Å². The van der Waals surface area contributed by atoms with Crippen molar-refractivity contribution in [2.75, 3.05) is 6.61 Å². The minimum atomic E-state index is -0.650. The summed E-state index contributed by atoms with van der Waals surface area (Å²) in [6.45, 7) is 4.68. The molecular weight excluding hydrogens is 661 g/mol. The number of amides is 1. The largest absolute Gasteiger partial charge is 0.465 e. The molecule has 53 heavy (non-hydrogen) atoms. The number of carbonyl (C=O) groups excluding carboxylic acids is 3. The molecule has 0 bridgehead atoms. The molecular formula is C46H70N2O5. The number of hydrogen-bond acceptors (Lipinski definition) is 6. The molecule has 1 aliphatic heterocycles. The van der Waals surface area contributed by atoms with Crippen molar-refractivity contribution in [3.05, 3.63) is 71.8 Å². The number of unbranched alkanes of at least 4 members (excludes halogenated alkanes) is 15. The molecule has 0 aromatic heterocycles. The van der Waals surface area contributed by atoms with Gasteiger partial charge in [0.15, 0.2) is 0 Å². The average Bonchev–Trinajstić information content (AvgIpc) is 3.79. The van der Waals surface area contributed by atoms with Crippen LogP contribution in [0.25, 0.3) is 0 Å². The molecule has 0 spiro atoms. The van der Waals surface area contributed by atoms with Crippen molar-refractivity contribution >= 4 is 17.8 Å². The fourth-order valence-corrected chi connectivity index (χ4v) is 8.39. The van der Waals surface area contributed by atoms with Crippen molar-refractivity contribution in [2.45, 2.75) is 186 Å². The van der Waals surface area contributed by atoms with E-state index in [1.54, 1.807) is 4.90 Å². The molecule has 7 heteroatoms. The number of hydrogen-bond donors (Lipinski definition) is 1. The zero-order valence-electron chi connectivity index (χ0n) is 33.1. The van der Waals surface area contributed by atoms with Gasteiger partial charge in [0.1, 0.15) is 18.7 Å². The maximum atomic E-state index is 14.1. The minimum absolute atomic E-state index is 0.0330. The first kappa shape index (κ1) is 42.6. The SMILES string of the molecule is CCCCCCCCCCCCCCCCCCOC(=O)C(CCc1ccccc1)NC(C)C(=O)N1[C@H](C(=O)OCc2ccccc2)C[C@@H]2CCC[C@@H]21. The highest BCUT2D eigenvalue weighted by Crippen LogP contribution is 2.42. The summed E-state index contributed by atoms with van der Waals surface area (Å²) >= 11 is 0. The third-order valence-electron chi connectivity index (χ3n) is 11.5. The Morgan fingerprint density at radius 1 is 0.717 bits per heavy atom. The van der Waals surface area contributed by atoms with Gasteiger partial charge in [-0.05, 0) is 62.5 Å². The molecule has 2 unspecified atom stereocenters. The predicted octanol–water partition coefficient (Wildman–Crippen LogP) is 10.3. The number of carbonyl (C=O) groups is 3. The van der Waals surface area contributed by atoms with Crippen molar-refractivity contribution in [3.8, 4) is 0 Å². The summed E-state index contributed by atoms with van der Waals surface area (Å²) in [4.78, 5) is 42.8. The van der Waals surface area contributed by atoms with Gasteiger partial charge in [0, 0.05) is 6.04 Å². The molecule has 2 aromatic rings. The summed E-state index contributed by atoms with van der Waals surface area (Å²) in [5.41, 5.74) is 2.06. The quantitative estimate of drug-likeness (QED) is 0.0728. The highest BCUT2D eigenvalue weighted by atomic mass is 16.5. The Hall–Kier alpha value is -3.19. The molecule has 5 atom stereocenters. The number of nitrogens with one attached hydrogen (secondary N) is 1. The van der Waals surface area contributed by atoms with Crippen LogP contribution in [0.1, 0.15) is 160 Å². The van der Waals surface area contributed by atoms with Gasteiger partial charge in [-0.15, -0.1) is 0 Å². The lowest BCUT2D eigenvalue weighted by Crippen LogP contribution is -2.55.